The minimum atomic E-state index is -0.931. The van der Waals surface area contributed by atoms with Gasteiger partial charge < -0.3 is 10.0 Å². The van der Waals surface area contributed by atoms with Crippen LogP contribution in [-0.4, -0.2) is 40.0 Å². The van der Waals surface area contributed by atoms with Gasteiger partial charge in [-0.05, 0) is 18.9 Å². The number of hydrogen-bond donors (Lipinski definition) is 1. The Morgan fingerprint density at radius 2 is 2.10 bits per heavy atom. The van der Waals surface area contributed by atoms with Crippen molar-refractivity contribution in [3.63, 3.8) is 0 Å². The second-order valence-electron chi connectivity index (χ2n) is 5.51. The first kappa shape index (κ1) is 15.4. The summed E-state index contributed by atoms with van der Waals surface area (Å²) in [6.45, 7) is 0.127. The summed E-state index contributed by atoms with van der Waals surface area (Å²) < 4.78 is 13.8. The minimum absolute atomic E-state index is 0.127. The second-order valence-corrected chi connectivity index (χ2v) is 5.51. The fourth-order valence-corrected chi connectivity index (χ4v) is 2.70. The molecular weight excluding hydrogens is 279 g/mol. The van der Waals surface area contributed by atoms with Crippen molar-refractivity contribution in [2.75, 3.05) is 13.6 Å². The van der Waals surface area contributed by atoms with Gasteiger partial charge in [-0.1, -0.05) is 12.8 Å². The molecular formula is C14H17FN2O4. The van der Waals surface area contributed by atoms with Crippen LogP contribution in [0.1, 0.15) is 36.0 Å². The minimum Gasteiger partial charge on any atom is -0.388 e. The van der Waals surface area contributed by atoms with Gasteiger partial charge in [0.05, 0.1) is 22.2 Å². The number of likely N-dealkylation sites (N-methyl/N-ethyl adjacent to an activating group) is 1. The first-order valence-electron chi connectivity index (χ1n) is 6.74. The first-order chi connectivity index (χ1) is 9.82. The topological polar surface area (TPSA) is 83.7 Å². The molecule has 1 fully saturated rings. The number of aliphatic hydroxyl groups is 1. The monoisotopic (exact) mass is 296 g/mol. The summed E-state index contributed by atoms with van der Waals surface area (Å²) >= 11 is 0. The predicted octanol–water partition coefficient (Wildman–Crippen LogP) is 2.11. The maximum absolute atomic E-state index is 13.8. The molecule has 0 spiro atoms. The van der Waals surface area contributed by atoms with Gasteiger partial charge in [0.25, 0.3) is 11.6 Å². The zero-order chi connectivity index (χ0) is 15.6. The first-order valence-corrected chi connectivity index (χ1v) is 6.74. The van der Waals surface area contributed by atoms with Crippen molar-refractivity contribution < 1.29 is 19.2 Å². The summed E-state index contributed by atoms with van der Waals surface area (Å²) in [5.41, 5.74) is -1.55. The molecule has 1 aliphatic rings. The Morgan fingerprint density at radius 1 is 1.48 bits per heavy atom. The highest BCUT2D eigenvalue weighted by atomic mass is 19.1. The van der Waals surface area contributed by atoms with Gasteiger partial charge in [-0.25, -0.2) is 4.39 Å². The van der Waals surface area contributed by atoms with Gasteiger partial charge in [0.15, 0.2) is 0 Å². The van der Waals surface area contributed by atoms with Crippen LogP contribution in [0.3, 0.4) is 0 Å². The van der Waals surface area contributed by atoms with E-state index in [0.717, 1.165) is 31.0 Å². The lowest BCUT2D eigenvalue weighted by Crippen LogP contribution is -2.42. The zero-order valence-electron chi connectivity index (χ0n) is 11.7. The van der Waals surface area contributed by atoms with Crippen LogP contribution in [0.15, 0.2) is 18.2 Å². The average molecular weight is 296 g/mol. The number of amides is 1. The molecule has 21 heavy (non-hydrogen) atoms. The third kappa shape index (κ3) is 3.36. The second kappa shape index (κ2) is 5.77. The van der Waals surface area contributed by atoms with Crippen LogP contribution in [0.4, 0.5) is 10.1 Å². The lowest BCUT2D eigenvalue weighted by atomic mass is 10.0. The molecule has 1 aromatic carbocycles. The van der Waals surface area contributed by atoms with E-state index in [4.69, 9.17) is 0 Å². The normalized spacial score (nSPS) is 16.7. The van der Waals surface area contributed by atoms with Crippen LogP contribution >= 0.6 is 0 Å². The third-order valence-electron chi connectivity index (χ3n) is 3.81. The number of benzene rings is 1. The average Bonchev–Trinajstić information content (AvgIpc) is 2.84. The largest absolute Gasteiger partial charge is 0.388 e. The van der Waals surface area contributed by atoms with Gasteiger partial charge in [0, 0.05) is 19.7 Å². The third-order valence-corrected chi connectivity index (χ3v) is 3.81. The molecule has 1 amide bonds. The van der Waals surface area contributed by atoms with E-state index in [0.29, 0.717) is 12.8 Å². The molecule has 114 valence electrons. The Bertz CT molecular complexity index is 570. The molecule has 2 rings (SSSR count). The van der Waals surface area contributed by atoms with Crippen LogP contribution in [0.5, 0.6) is 0 Å². The van der Waals surface area contributed by atoms with Gasteiger partial charge in [-0.2, -0.15) is 0 Å². The number of nitro benzene ring substituents is 1. The van der Waals surface area contributed by atoms with Crippen molar-refractivity contribution in [2.45, 2.75) is 31.3 Å². The van der Waals surface area contributed by atoms with Gasteiger partial charge in [-0.15, -0.1) is 0 Å². The molecule has 0 bridgehead atoms. The Balaban J connectivity index is 2.14. The van der Waals surface area contributed by atoms with Crippen LogP contribution in [0.25, 0.3) is 0 Å². The van der Waals surface area contributed by atoms with Gasteiger partial charge in [0.2, 0.25) is 0 Å². The lowest BCUT2D eigenvalue weighted by Gasteiger charge is -2.28. The number of non-ortho nitro benzene ring substituents is 1. The smallest absolute Gasteiger partial charge is 0.272 e. The van der Waals surface area contributed by atoms with Crippen LogP contribution < -0.4 is 0 Å². The number of rotatable bonds is 4. The van der Waals surface area contributed by atoms with Crippen molar-refractivity contribution in [1.82, 2.24) is 4.90 Å². The zero-order valence-corrected chi connectivity index (χ0v) is 11.7. The fraction of sp³-hybridized carbons (Fsp3) is 0.500. The molecule has 1 aliphatic carbocycles. The molecule has 7 heteroatoms. The Kier molecular flexibility index (Phi) is 4.22. The Labute approximate surface area is 121 Å². The van der Waals surface area contributed by atoms with Crippen molar-refractivity contribution in [1.29, 1.82) is 0 Å². The molecule has 0 radical (unpaired) electrons. The van der Waals surface area contributed by atoms with E-state index < -0.39 is 27.9 Å². The maximum atomic E-state index is 13.8. The molecule has 0 aliphatic heterocycles. The Morgan fingerprint density at radius 3 is 2.62 bits per heavy atom. The number of nitrogens with zero attached hydrogens (tertiary/aromatic N) is 2. The SMILES string of the molecule is CN(CC1(O)CCCC1)C(=O)c1ccc([N+](=O)[O-])cc1F. The molecule has 1 aromatic rings. The summed E-state index contributed by atoms with van der Waals surface area (Å²) in [6.07, 6.45) is 3.05. The highest BCUT2D eigenvalue weighted by molar-refractivity contribution is 5.94. The number of halogens is 1. The quantitative estimate of drug-likeness (QED) is 0.681. The van der Waals surface area contributed by atoms with E-state index in [1.165, 1.54) is 11.9 Å². The summed E-state index contributed by atoms with van der Waals surface area (Å²) in [4.78, 5) is 23.3. The molecule has 0 saturated heterocycles. The number of carbonyl (C=O) groups excluding carboxylic acids is 1. The summed E-state index contributed by atoms with van der Waals surface area (Å²) in [5, 5.41) is 20.8. The molecule has 0 atom stereocenters. The Hall–Kier alpha value is -2.02. The lowest BCUT2D eigenvalue weighted by molar-refractivity contribution is -0.385. The van der Waals surface area contributed by atoms with E-state index in [1.54, 1.807) is 0 Å². The fourth-order valence-electron chi connectivity index (χ4n) is 2.70. The van der Waals surface area contributed by atoms with Crippen LogP contribution in [0, 0.1) is 15.9 Å². The molecule has 0 unspecified atom stereocenters. The summed E-state index contributed by atoms with van der Waals surface area (Å²) in [7, 11) is 1.49. The number of nitro groups is 1. The summed E-state index contributed by atoms with van der Waals surface area (Å²) in [5.74, 6) is -1.53. The van der Waals surface area contributed by atoms with E-state index in [1.807, 2.05) is 0 Å². The molecule has 1 N–H and O–H groups in total. The van der Waals surface area contributed by atoms with Crippen molar-refractivity contribution in [3.05, 3.63) is 39.7 Å². The van der Waals surface area contributed by atoms with Gasteiger partial charge >= 0.3 is 0 Å². The van der Waals surface area contributed by atoms with Crippen molar-refractivity contribution >= 4 is 11.6 Å². The van der Waals surface area contributed by atoms with E-state index in [9.17, 15) is 24.4 Å². The van der Waals surface area contributed by atoms with E-state index >= 15 is 0 Å². The van der Waals surface area contributed by atoms with Crippen LogP contribution in [0.2, 0.25) is 0 Å². The molecule has 0 heterocycles. The highest BCUT2D eigenvalue weighted by Gasteiger charge is 2.34. The van der Waals surface area contributed by atoms with Gasteiger partial charge in [0.1, 0.15) is 5.82 Å². The van der Waals surface area contributed by atoms with E-state index in [2.05, 4.69) is 0 Å². The van der Waals surface area contributed by atoms with E-state index in [-0.39, 0.29) is 12.1 Å². The molecule has 0 aromatic heterocycles. The summed E-state index contributed by atoms with van der Waals surface area (Å²) in [6, 6.07) is 2.92. The standard InChI is InChI=1S/C14H17FN2O4/c1-16(9-14(19)6-2-3-7-14)13(18)11-5-4-10(17(20)21)8-12(11)15/h4-5,8,19H,2-3,6-7,9H2,1H3. The number of hydrogen-bond acceptors (Lipinski definition) is 4. The maximum Gasteiger partial charge on any atom is 0.272 e. The van der Waals surface area contributed by atoms with Crippen LogP contribution in [-0.2, 0) is 0 Å². The predicted molar refractivity (Wildman–Crippen MR) is 73.4 cm³/mol. The number of carbonyl (C=O) groups is 1. The molecule has 1 saturated carbocycles. The van der Waals surface area contributed by atoms with Crippen molar-refractivity contribution in [3.8, 4) is 0 Å². The van der Waals surface area contributed by atoms with Gasteiger partial charge in [-0.3, -0.25) is 14.9 Å². The van der Waals surface area contributed by atoms with Crippen molar-refractivity contribution in [2.24, 2.45) is 0 Å². The molecule has 6 nitrogen and oxygen atoms in total. The highest BCUT2D eigenvalue weighted by Crippen LogP contribution is 2.30.